The van der Waals surface area contributed by atoms with Crippen molar-refractivity contribution in [3.63, 3.8) is 0 Å². The van der Waals surface area contributed by atoms with Crippen molar-refractivity contribution in [1.82, 2.24) is 4.98 Å². The van der Waals surface area contributed by atoms with Gasteiger partial charge in [0.2, 0.25) is 0 Å². The van der Waals surface area contributed by atoms with Crippen LogP contribution in [0.4, 0.5) is 13.2 Å². The summed E-state index contributed by atoms with van der Waals surface area (Å²) in [7, 11) is 0. The fourth-order valence-electron chi connectivity index (χ4n) is 1.72. The second-order valence-electron chi connectivity index (χ2n) is 4.20. The van der Waals surface area contributed by atoms with Crippen LogP contribution in [0, 0.1) is 18.3 Å². The van der Waals surface area contributed by atoms with Crippen molar-refractivity contribution in [1.29, 1.82) is 5.26 Å². The molecule has 0 aliphatic heterocycles. The van der Waals surface area contributed by atoms with Crippen LogP contribution in [0.15, 0.2) is 30.3 Å². The Balaban J connectivity index is 2.66. The average Bonchev–Trinajstić information content (AvgIpc) is 2.37. The topological polar surface area (TPSA) is 36.7 Å². The summed E-state index contributed by atoms with van der Waals surface area (Å²) < 4.78 is 38.8. The van der Waals surface area contributed by atoms with Gasteiger partial charge < -0.3 is 0 Å². The molecule has 0 bridgehead atoms. The molecule has 0 aliphatic carbocycles. The van der Waals surface area contributed by atoms with E-state index in [1.807, 2.05) is 6.92 Å². The van der Waals surface area contributed by atoms with Crippen molar-refractivity contribution in [3.8, 4) is 17.3 Å². The van der Waals surface area contributed by atoms with E-state index in [1.165, 1.54) is 6.07 Å². The number of nitrogens with zero attached hydrogens (tertiary/aromatic N) is 2. The second-order valence-corrected chi connectivity index (χ2v) is 4.55. The second kappa shape index (κ2) is 5.14. The van der Waals surface area contributed by atoms with E-state index in [0.717, 1.165) is 11.6 Å². The molecule has 2 rings (SSSR count). The number of rotatable bonds is 1. The number of halogens is 4. The summed E-state index contributed by atoms with van der Waals surface area (Å²) in [6.45, 7) is 1.87. The molecule has 20 heavy (non-hydrogen) atoms. The first-order valence-corrected chi connectivity index (χ1v) is 5.95. The summed E-state index contributed by atoms with van der Waals surface area (Å²) in [6, 6.07) is 9.11. The Labute approximate surface area is 118 Å². The Kier molecular flexibility index (Phi) is 3.69. The van der Waals surface area contributed by atoms with E-state index >= 15 is 0 Å². The molecule has 0 atom stereocenters. The lowest BCUT2D eigenvalue weighted by molar-refractivity contribution is -0.137. The van der Waals surface area contributed by atoms with Gasteiger partial charge in [0.15, 0.2) is 0 Å². The highest BCUT2D eigenvalue weighted by Crippen LogP contribution is 2.36. The number of aromatic nitrogens is 1. The molecule has 0 unspecified atom stereocenters. The van der Waals surface area contributed by atoms with Crippen LogP contribution in [0.25, 0.3) is 11.3 Å². The Morgan fingerprint density at radius 1 is 1.20 bits per heavy atom. The van der Waals surface area contributed by atoms with Gasteiger partial charge in [-0.15, -0.1) is 0 Å². The maximum Gasteiger partial charge on any atom is 0.417 e. The van der Waals surface area contributed by atoms with Gasteiger partial charge >= 0.3 is 6.18 Å². The summed E-state index contributed by atoms with van der Waals surface area (Å²) >= 11 is 5.69. The Morgan fingerprint density at radius 2 is 1.80 bits per heavy atom. The fourth-order valence-corrected chi connectivity index (χ4v) is 1.95. The van der Waals surface area contributed by atoms with Gasteiger partial charge in [-0.3, -0.25) is 0 Å². The average molecular weight is 297 g/mol. The standard InChI is InChI=1S/C14H8ClF3N2/c1-8-2-4-9(5-3-8)12-6-11(14(16,17)18)10(7-19)13(15)20-12/h2-6H,1H3. The van der Waals surface area contributed by atoms with E-state index in [0.29, 0.717) is 5.56 Å². The first-order chi connectivity index (χ1) is 9.32. The third kappa shape index (κ3) is 2.75. The van der Waals surface area contributed by atoms with Crippen LogP contribution in [0.5, 0.6) is 0 Å². The van der Waals surface area contributed by atoms with Crippen LogP contribution in [-0.2, 0) is 6.18 Å². The zero-order chi connectivity index (χ0) is 14.9. The van der Waals surface area contributed by atoms with Crippen LogP contribution in [0.2, 0.25) is 5.15 Å². The molecule has 0 aliphatic rings. The van der Waals surface area contributed by atoms with Crippen molar-refractivity contribution in [3.05, 3.63) is 52.2 Å². The molecule has 102 valence electrons. The quantitative estimate of drug-likeness (QED) is 0.721. The summed E-state index contributed by atoms with van der Waals surface area (Å²) in [4.78, 5) is 3.86. The number of pyridine rings is 1. The molecule has 0 N–H and O–H groups in total. The normalized spacial score (nSPS) is 11.2. The monoisotopic (exact) mass is 296 g/mol. The molecule has 0 spiro atoms. The van der Waals surface area contributed by atoms with Gasteiger partial charge in [-0.2, -0.15) is 18.4 Å². The van der Waals surface area contributed by atoms with Gasteiger partial charge in [0.1, 0.15) is 16.8 Å². The minimum atomic E-state index is -4.66. The molecule has 0 fully saturated rings. The number of benzene rings is 1. The third-order valence-corrected chi connectivity index (χ3v) is 3.01. The van der Waals surface area contributed by atoms with E-state index in [9.17, 15) is 13.2 Å². The van der Waals surface area contributed by atoms with Crippen LogP contribution < -0.4 is 0 Å². The van der Waals surface area contributed by atoms with Crippen molar-refractivity contribution < 1.29 is 13.2 Å². The molecule has 1 heterocycles. The van der Waals surface area contributed by atoms with Crippen LogP contribution in [-0.4, -0.2) is 4.98 Å². The first kappa shape index (κ1) is 14.4. The van der Waals surface area contributed by atoms with Crippen molar-refractivity contribution in [2.45, 2.75) is 13.1 Å². The van der Waals surface area contributed by atoms with E-state index in [-0.39, 0.29) is 5.69 Å². The van der Waals surface area contributed by atoms with E-state index < -0.39 is 22.5 Å². The molecule has 0 saturated carbocycles. The number of hydrogen-bond donors (Lipinski definition) is 0. The maximum atomic E-state index is 12.9. The molecule has 6 heteroatoms. The number of hydrogen-bond acceptors (Lipinski definition) is 2. The fraction of sp³-hybridized carbons (Fsp3) is 0.143. The number of aryl methyl sites for hydroxylation is 1. The smallest absolute Gasteiger partial charge is 0.235 e. The lowest BCUT2D eigenvalue weighted by Crippen LogP contribution is -2.09. The zero-order valence-electron chi connectivity index (χ0n) is 10.3. The highest BCUT2D eigenvalue weighted by atomic mass is 35.5. The van der Waals surface area contributed by atoms with Crippen LogP contribution in [0.1, 0.15) is 16.7 Å². The van der Waals surface area contributed by atoms with Crippen LogP contribution in [0.3, 0.4) is 0 Å². The van der Waals surface area contributed by atoms with Gasteiger partial charge in [0.05, 0.1) is 11.3 Å². The molecule has 0 saturated heterocycles. The highest BCUT2D eigenvalue weighted by molar-refractivity contribution is 6.30. The summed E-state index contributed by atoms with van der Waals surface area (Å²) in [5, 5.41) is 8.34. The highest BCUT2D eigenvalue weighted by Gasteiger charge is 2.35. The van der Waals surface area contributed by atoms with Crippen LogP contribution >= 0.6 is 11.6 Å². The molecular weight excluding hydrogens is 289 g/mol. The Bertz CT molecular complexity index is 685. The van der Waals surface area contributed by atoms with Gasteiger partial charge in [-0.1, -0.05) is 41.4 Å². The largest absolute Gasteiger partial charge is 0.417 e. The zero-order valence-corrected chi connectivity index (χ0v) is 11.0. The van der Waals surface area contributed by atoms with Gasteiger partial charge in [-0.25, -0.2) is 4.98 Å². The van der Waals surface area contributed by atoms with E-state index in [1.54, 1.807) is 24.3 Å². The molecule has 2 aromatic rings. The summed E-state index contributed by atoms with van der Waals surface area (Å²) in [5.41, 5.74) is -0.163. The molecule has 1 aromatic heterocycles. The molecule has 0 amide bonds. The molecule has 0 radical (unpaired) electrons. The van der Waals surface area contributed by atoms with E-state index in [2.05, 4.69) is 4.98 Å². The molecular formula is C14H8ClF3N2. The van der Waals surface area contributed by atoms with Gasteiger partial charge in [0, 0.05) is 5.56 Å². The molecule has 2 nitrogen and oxygen atoms in total. The summed E-state index contributed by atoms with van der Waals surface area (Å²) in [5.74, 6) is 0. The first-order valence-electron chi connectivity index (χ1n) is 5.58. The van der Waals surface area contributed by atoms with Crippen molar-refractivity contribution in [2.75, 3.05) is 0 Å². The molecule has 1 aromatic carbocycles. The number of alkyl halides is 3. The van der Waals surface area contributed by atoms with Crippen molar-refractivity contribution in [2.24, 2.45) is 0 Å². The number of nitriles is 1. The van der Waals surface area contributed by atoms with Crippen molar-refractivity contribution >= 4 is 11.6 Å². The third-order valence-electron chi connectivity index (χ3n) is 2.74. The lowest BCUT2D eigenvalue weighted by atomic mass is 10.0. The summed E-state index contributed by atoms with van der Waals surface area (Å²) in [6.07, 6.45) is -4.66. The minimum Gasteiger partial charge on any atom is -0.235 e. The SMILES string of the molecule is Cc1ccc(-c2cc(C(F)(F)F)c(C#N)c(Cl)n2)cc1. The van der Waals surface area contributed by atoms with Gasteiger partial charge in [-0.05, 0) is 13.0 Å². The Hall–Kier alpha value is -2.06. The Morgan fingerprint density at radius 3 is 2.30 bits per heavy atom. The predicted octanol–water partition coefficient (Wildman–Crippen LogP) is 4.60. The minimum absolute atomic E-state index is 0.0846. The maximum absolute atomic E-state index is 12.9. The van der Waals surface area contributed by atoms with E-state index in [4.69, 9.17) is 16.9 Å². The lowest BCUT2D eigenvalue weighted by Gasteiger charge is -2.12. The predicted molar refractivity (Wildman–Crippen MR) is 69.1 cm³/mol. The van der Waals surface area contributed by atoms with Gasteiger partial charge in [0.25, 0.3) is 0 Å².